The molecule has 0 fully saturated rings. The van der Waals surface area contributed by atoms with Crippen molar-refractivity contribution in [2.75, 3.05) is 5.32 Å². The molecule has 2 amide bonds. The molecular formula is C16H18BrN3O3. The van der Waals surface area contributed by atoms with Gasteiger partial charge in [-0.3, -0.25) is 5.43 Å². The fourth-order valence-electron chi connectivity index (χ4n) is 2.06. The van der Waals surface area contributed by atoms with Gasteiger partial charge in [-0.2, -0.15) is 0 Å². The van der Waals surface area contributed by atoms with Crippen molar-refractivity contribution < 1.29 is 14.6 Å². The average molecular weight is 380 g/mol. The number of halogens is 1. The van der Waals surface area contributed by atoms with Gasteiger partial charge in [-0.1, -0.05) is 22.0 Å². The Bertz CT molecular complexity index is 735. The first-order valence-electron chi connectivity index (χ1n) is 6.90. The van der Waals surface area contributed by atoms with E-state index in [-0.39, 0.29) is 12.4 Å². The second-order valence-corrected chi connectivity index (χ2v) is 5.91. The van der Waals surface area contributed by atoms with Crippen molar-refractivity contribution in [1.82, 2.24) is 5.43 Å². The van der Waals surface area contributed by atoms with Gasteiger partial charge in [-0.15, -0.1) is 0 Å². The quantitative estimate of drug-likeness (QED) is 0.372. The second-order valence-electron chi connectivity index (χ2n) is 5.06. The van der Waals surface area contributed by atoms with Gasteiger partial charge in [-0.25, -0.2) is 10.6 Å². The zero-order chi connectivity index (χ0) is 17.0. The van der Waals surface area contributed by atoms with E-state index in [2.05, 4.69) is 21.2 Å². The third-order valence-electron chi connectivity index (χ3n) is 3.36. The highest BCUT2D eigenvalue weighted by atomic mass is 79.9. The van der Waals surface area contributed by atoms with E-state index in [1.807, 2.05) is 18.4 Å². The maximum atomic E-state index is 11.4. The van der Waals surface area contributed by atoms with Gasteiger partial charge in [0, 0.05) is 10.0 Å². The van der Waals surface area contributed by atoms with Crippen molar-refractivity contribution >= 4 is 27.6 Å². The second kappa shape index (κ2) is 7.34. The maximum Gasteiger partial charge on any atom is 0.333 e. The fourth-order valence-corrected chi connectivity index (χ4v) is 2.54. The topological polar surface area (TPSA) is 96.6 Å². The van der Waals surface area contributed by atoms with Crippen LogP contribution in [0.4, 0.5) is 10.5 Å². The van der Waals surface area contributed by atoms with Crippen LogP contribution in [0.25, 0.3) is 0 Å². The molecule has 2 aromatic rings. The Morgan fingerprint density at radius 1 is 1.30 bits per heavy atom. The summed E-state index contributed by atoms with van der Waals surface area (Å²) >= 11 is 3.45. The number of carbonyl (C=O) groups excluding carboxylic acids is 1. The van der Waals surface area contributed by atoms with Crippen LogP contribution in [0, 0.1) is 13.8 Å². The lowest BCUT2D eigenvalue weighted by molar-refractivity contribution is 0.252. The van der Waals surface area contributed by atoms with Crippen molar-refractivity contribution in [3.8, 4) is 11.5 Å². The van der Waals surface area contributed by atoms with Crippen molar-refractivity contribution in [2.24, 2.45) is 5.84 Å². The van der Waals surface area contributed by atoms with Gasteiger partial charge in [0.05, 0.1) is 5.69 Å². The smallest absolute Gasteiger partial charge is 0.333 e. The number of rotatable bonds is 4. The number of nitrogens with two attached hydrogens (primary N) is 1. The Morgan fingerprint density at radius 3 is 2.74 bits per heavy atom. The van der Waals surface area contributed by atoms with Crippen LogP contribution in [0.2, 0.25) is 0 Å². The lowest BCUT2D eigenvalue weighted by Gasteiger charge is -2.15. The van der Waals surface area contributed by atoms with Gasteiger partial charge >= 0.3 is 6.03 Å². The van der Waals surface area contributed by atoms with Crippen LogP contribution in [0.15, 0.2) is 34.8 Å². The van der Waals surface area contributed by atoms with Crippen LogP contribution in [0.1, 0.15) is 16.7 Å². The van der Waals surface area contributed by atoms with Gasteiger partial charge < -0.3 is 15.2 Å². The molecule has 0 aliphatic heterocycles. The molecule has 0 atom stereocenters. The van der Waals surface area contributed by atoms with Gasteiger partial charge in [0.1, 0.15) is 18.1 Å². The Morgan fingerprint density at radius 2 is 2.04 bits per heavy atom. The number of urea groups is 1. The Hall–Kier alpha value is -2.25. The van der Waals surface area contributed by atoms with E-state index in [0.29, 0.717) is 11.4 Å². The minimum atomic E-state index is -0.513. The molecular weight excluding hydrogens is 362 g/mol. The fraction of sp³-hybridized carbons (Fsp3) is 0.188. The lowest BCUT2D eigenvalue weighted by atomic mass is 10.1. The number of carbonyl (C=O) groups is 1. The van der Waals surface area contributed by atoms with Gasteiger partial charge in [0.2, 0.25) is 0 Å². The van der Waals surface area contributed by atoms with E-state index in [9.17, 15) is 9.90 Å². The molecule has 0 unspecified atom stereocenters. The Labute approximate surface area is 142 Å². The first-order chi connectivity index (χ1) is 10.9. The molecule has 122 valence electrons. The predicted octanol–water partition coefficient (Wildman–Crippen LogP) is 3.35. The molecule has 0 aliphatic carbocycles. The average Bonchev–Trinajstić information content (AvgIpc) is 2.51. The normalized spacial score (nSPS) is 10.3. The maximum absolute atomic E-state index is 11.4. The molecule has 0 aromatic heterocycles. The van der Waals surface area contributed by atoms with Crippen molar-refractivity contribution in [3.63, 3.8) is 0 Å². The number of anilines is 1. The molecule has 7 heteroatoms. The molecule has 23 heavy (non-hydrogen) atoms. The molecule has 5 N–H and O–H groups in total. The molecule has 0 saturated heterocycles. The predicted molar refractivity (Wildman–Crippen MR) is 92.4 cm³/mol. The molecule has 2 aromatic carbocycles. The molecule has 0 bridgehead atoms. The lowest BCUT2D eigenvalue weighted by Crippen LogP contribution is -2.34. The van der Waals surface area contributed by atoms with Crippen LogP contribution in [-0.4, -0.2) is 11.1 Å². The van der Waals surface area contributed by atoms with Crippen molar-refractivity contribution in [3.05, 3.63) is 51.5 Å². The van der Waals surface area contributed by atoms with E-state index in [1.54, 1.807) is 31.2 Å². The van der Waals surface area contributed by atoms with E-state index in [0.717, 1.165) is 21.2 Å². The van der Waals surface area contributed by atoms with Crippen molar-refractivity contribution in [1.29, 1.82) is 0 Å². The van der Waals surface area contributed by atoms with Crippen LogP contribution >= 0.6 is 15.9 Å². The van der Waals surface area contributed by atoms with E-state index in [1.165, 1.54) is 0 Å². The van der Waals surface area contributed by atoms with E-state index < -0.39 is 6.03 Å². The molecule has 0 spiro atoms. The molecule has 6 nitrogen and oxygen atoms in total. The monoisotopic (exact) mass is 379 g/mol. The van der Waals surface area contributed by atoms with Gasteiger partial charge in [-0.05, 0) is 49.2 Å². The number of aryl methyl sites for hydroxylation is 2. The largest absolute Gasteiger partial charge is 0.508 e. The Balaban J connectivity index is 2.23. The standard InChI is InChI=1S/C16H18BrN3O3/c1-9-7-15(10(2)6-14(9)21)23-8-11-12(17)4-3-5-13(11)19-16(22)20-18/h3-7,21H,8,18H2,1-2H3,(H2,19,20,22). The Kier molecular flexibility index (Phi) is 5.46. The minimum Gasteiger partial charge on any atom is -0.508 e. The number of phenolic OH excluding ortho intramolecular Hbond substituents is 1. The first-order valence-corrected chi connectivity index (χ1v) is 7.69. The van der Waals surface area contributed by atoms with Crippen LogP contribution in [0.5, 0.6) is 11.5 Å². The summed E-state index contributed by atoms with van der Waals surface area (Å²) < 4.78 is 6.66. The van der Waals surface area contributed by atoms with E-state index in [4.69, 9.17) is 10.6 Å². The van der Waals surface area contributed by atoms with E-state index >= 15 is 0 Å². The zero-order valence-corrected chi connectivity index (χ0v) is 14.4. The number of phenols is 1. The number of nitrogens with one attached hydrogen (secondary N) is 2. The number of hydrogen-bond acceptors (Lipinski definition) is 4. The summed E-state index contributed by atoms with van der Waals surface area (Å²) in [6.07, 6.45) is 0. The number of hydrogen-bond donors (Lipinski definition) is 4. The highest BCUT2D eigenvalue weighted by Gasteiger charge is 2.11. The highest BCUT2D eigenvalue weighted by Crippen LogP contribution is 2.30. The number of benzene rings is 2. The summed E-state index contributed by atoms with van der Waals surface area (Å²) in [5.74, 6) is 6.00. The molecule has 0 heterocycles. The third kappa shape index (κ3) is 4.14. The first kappa shape index (κ1) is 17.1. The molecule has 0 saturated carbocycles. The van der Waals surface area contributed by atoms with Gasteiger partial charge in [0.15, 0.2) is 0 Å². The van der Waals surface area contributed by atoms with Crippen LogP contribution in [0.3, 0.4) is 0 Å². The number of ether oxygens (including phenoxy) is 1. The number of hydrazine groups is 1. The van der Waals surface area contributed by atoms with Crippen LogP contribution in [-0.2, 0) is 6.61 Å². The summed E-state index contributed by atoms with van der Waals surface area (Å²) in [6, 6.07) is 8.34. The molecule has 0 aliphatic rings. The summed E-state index contributed by atoms with van der Waals surface area (Å²) in [5.41, 5.74) is 4.96. The summed E-state index contributed by atoms with van der Waals surface area (Å²) in [5, 5.41) is 12.3. The molecule has 0 radical (unpaired) electrons. The SMILES string of the molecule is Cc1cc(OCc2c(Br)cccc2NC(=O)NN)c(C)cc1O. The van der Waals surface area contributed by atoms with Gasteiger partial charge in [0.25, 0.3) is 0 Å². The zero-order valence-electron chi connectivity index (χ0n) is 12.8. The van der Waals surface area contributed by atoms with Crippen LogP contribution < -0.4 is 21.3 Å². The summed E-state index contributed by atoms with van der Waals surface area (Å²) in [6.45, 7) is 3.90. The summed E-state index contributed by atoms with van der Waals surface area (Å²) in [7, 11) is 0. The number of aromatic hydroxyl groups is 1. The van der Waals surface area contributed by atoms with Crippen molar-refractivity contribution in [2.45, 2.75) is 20.5 Å². The third-order valence-corrected chi connectivity index (χ3v) is 4.11. The highest BCUT2D eigenvalue weighted by molar-refractivity contribution is 9.10. The minimum absolute atomic E-state index is 0.234. The summed E-state index contributed by atoms with van der Waals surface area (Å²) in [4.78, 5) is 11.4. The number of amides is 2. The molecule has 2 rings (SSSR count).